The fourth-order valence-electron chi connectivity index (χ4n) is 3.03. The number of halogens is 4. The van der Waals surface area contributed by atoms with Crippen LogP contribution in [0.2, 0.25) is 5.02 Å². The van der Waals surface area contributed by atoms with Gasteiger partial charge in [0.2, 0.25) is 5.95 Å². The number of nitrogens with zero attached hydrogens (tertiary/aromatic N) is 4. The third-order valence-corrected chi connectivity index (χ3v) is 4.80. The minimum absolute atomic E-state index is 0.198. The number of aryl methyl sites for hydroxylation is 1. The summed E-state index contributed by atoms with van der Waals surface area (Å²) < 4.78 is 42.2. The second-order valence-corrected chi connectivity index (χ2v) is 6.95. The molecular weight excluding hydrogens is 433 g/mol. The molecule has 2 aromatic carbocycles. The lowest BCUT2D eigenvalue weighted by Gasteiger charge is -2.13. The molecule has 0 saturated carbocycles. The number of para-hydroxylation sites is 1. The van der Waals surface area contributed by atoms with Gasteiger partial charge in [0.05, 0.1) is 22.5 Å². The van der Waals surface area contributed by atoms with Crippen molar-refractivity contribution < 1.29 is 18.0 Å². The second kappa shape index (κ2) is 7.88. The topological polar surface area (TPSA) is 88.5 Å². The molecule has 0 saturated heterocycles. The molecule has 11 heteroatoms. The van der Waals surface area contributed by atoms with Crippen molar-refractivity contribution in [3.63, 3.8) is 0 Å². The number of H-pyrrole nitrogens is 1. The van der Waals surface area contributed by atoms with Gasteiger partial charge in [-0.15, -0.1) is 5.10 Å². The molecule has 0 radical (unpaired) electrons. The van der Waals surface area contributed by atoms with Gasteiger partial charge in [-0.25, -0.2) is 4.68 Å². The summed E-state index contributed by atoms with van der Waals surface area (Å²) in [6.07, 6.45) is -3.96. The van der Waals surface area contributed by atoms with Crippen molar-refractivity contribution in [2.45, 2.75) is 13.1 Å². The van der Waals surface area contributed by atoms with Crippen molar-refractivity contribution in [2.75, 3.05) is 5.32 Å². The summed E-state index contributed by atoms with van der Waals surface area (Å²) in [5.74, 6) is -0.985. The van der Waals surface area contributed by atoms with E-state index in [2.05, 4.69) is 25.6 Å². The van der Waals surface area contributed by atoms with Gasteiger partial charge < -0.3 is 0 Å². The van der Waals surface area contributed by atoms with Gasteiger partial charge >= 0.3 is 6.18 Å². The highest BCUT2D eigenvalue weighted by Crippen LogP contribution is 2.34. The summed E-state index contributed by atoms with van der Waals surface area (Å²) in [7, 11) is 0. The van der Waals surface area contributed by atoms with Crippen LogP contribution in [0, 0.1) is 6.92 Å². The molecule has 31 heavy (non-hydrogen) atoms. The second-order valence-electron chi connectivity index (χ2n) is 6.54. The van der Waals surface area contributed by atoms with Crippen molar-refractivity contribution in [3.8, 4) is 17.1 Å². The van der Waals surface area contributed by atoms with E-state index in [1.54, 1.807) is 49.4 Å². The molecule has 4 rings (SSSR count). The van der Waals surface area contributed by atoms with E-state index < -0.39 is 23.3 Å². The first-order valence-corrected chi connectivity index (χ1v) is 9.33. The predicted molar refractivity (Wildman–Crippen MR) is 108 cm³/mol. The van der Waals surface area contributed by atoms with Crippen molar-refractivity contribution in [3.05, 3.63) is 76.6 Å². The molecule has 0 aliphatic heterocycles. The van der Waals surface area contributed by atoms with Crippen LogP contribution in [0.5, 0.6) is 0 Å². The van der Waals surface area contributed by atoms with Crippen LogP contribution in [0.1, 0.15) is 21.6 Å². The lowest BCUT2D eigenvalue weighted by Crippen LogP contribution is -2.21. The molecule has 2 aromatic heterocycles. The lowest BCUT2D eigenvalue weighted by molar-refractivity contribution is -0.143. The zero-order chi connectivity index (χ0) is 22.2. The molecule has 158 valence electrons. The number of carbonyl (C=O) groups is 1. The van der Waals surface area contributed by atoms with Crippen molar-refractivity contribution in [2.24, 2.45) is 0 Å². The van der Waals surface area contributed by atoms with E-state index in [9.17, 15) is 18.0 Å². The first-order chi connectivity index (χ1) is 14.8. The Morgan fingerprint density at radius 3 is 2.55 bits per heavy atom. The van der Waals surface area contributed by atoms with Crippen molar-refractivity contribution >= 4 is 23.5 Å². The highest BCUT2D eigenvalue weighted by Gasteiger charge is 2.41. The molecule has 2 N–H and O–H groups in total. The van der Waals surface area contributed by atoms with E-state index in [0.717, 1.165) is 6.20 Å². The highest BCUT2D eigenvalue weighted by molar-refractivity contribution is 6.33. The smallest absolute Gasteiger partial charge is 0.289 e. The number of benzene rings is 2. The zero-order valence-corrected chi connectivity index (χ0v) is 16.7. The molecule has 0 unspecified atom stereocenters. The predicted octanol–water partition coefficient (Wildman–Crippen LogP) is 4.89. The minimum atomic E-state index is -4.83. The number of nitrogens with one attached hydrogen (secondary N) is 2. The Morgan fingerprint density at radius 2 is 1.84 bits per heavy atom. The Balaban J connectivity index is 1.67. The molecular formula is C20H14ClF3N6O. The van der Waals surface area contributed by atoms with Crippen LogP contribution in [0.3, 0.4) is 0 Å². The Morgan fingerprint density at radius 1 is 1.13 bits per heavy atom. The third kappa shape index (κ3) is 4.02. The molecule has 0 atom stereocenters. The fourth-order valence-corrected chi connectivity index (χ4v) is 3.26. The van der Waals surface area contributed by atoms with Gasteiger partial charge in [0.15, 0.2) is 11.5 Å². The number of hydrogen-bond donors (Lipinski definition) is 2. The SMILES string of the molecule is Cc1ccccc1-n1ncc(C(=O)Nc2n[nH]c(-c3ccccc3Cl)n2)c1C(F)(F)F. The van der Waals surface area contributed by atoms with Crippen LogP contribution in [0.4, 0.5) is 19.1 Å². The number of aromatic nitrogens is 5. The van der Waals surface area contributed by atoms with E-state index in [1.807, 2.05) is 0 Å². The number of anilines is 1. The Bertz CT molecular complexity index is 1260. The van der Waals surface area contributed by atoms with E-state index in [-0.39, 0.29) is 17.5 Å². The largest absolute Gasteiger partial charge is 0.434 e. The van der Waals surface area contributed by atoms with Gasteiger partial charge in [0.1, 0.15) is 0 Å². The van der Waals surface area contributed by atoms with E-state index in [4.69, 9.17) is 11.6 Å². The quantitative estimate of drug-likeness (QED) is 0.467. The summed E-state index contributed by atoms with van der Waals surface area (Å²) in [4.78, 5) is 16.7. The number of rotatable bonds is 4. The van der Waals surface area contributed by atoms with Crippen LogP contribution in [0.25, 0.3) is 17.1 Å². The third-order valence-electron chi connectivity index (χ3n) is 4.47. The molecule has 1 amide bonds. The summed E-state index contributed by atoms with van der Waals surface area (Å²) in [5.41, 5.74) is -0.532. The maximum absolute atomic E-state index is 13.8. The molecule has 0 aliphatic carbocycles. The summed E-state index contributed by atoms with van der Waals surface area (Å²) >= 11 is 6.10. The number of hydrogen-bond acceptors (Lipinski definition) is 4. The van der Waals surface area contributed by atoms with Gasteiger partial charge in [0.25, 0.3) is 5.91 Å². The molecule has 7 nitrogen and oxygen atoms in total. The average molecular weight is 447 g/mol. The summed E-state index contributed by atoms with van der Waals surface area (Å²) in [5, 5.41) is 12.9. The fraction of sp³-hybridized carbons (Fsp3) is 0.100. The van der Waals surface area contributed by atoms with Crippen molar-refractivity contribution in [1.29, 1.82) is 0 Å². The number of aromatic amines is 1. The molecule has 0 bridgehead atoms. The van der Waals surface area contributed by atoms with E-state index in [0.29, 0.717) is 20.8 Å². The molecule has 2 heterocycles. The van der Waals surface area contributed by atoms with Crippen LogP contribution in [0.15, 0.2) is 54.7 Å². The monoisotopic (exact) mass is 446 g/mol. The van der Waals surface area contributed by atoms with Crippen LogP contribution in [-0.4, -0.2) is 30.9 Å². The summed E-state index contributed by atoms with van der Waals surface area (Å²) in [6, 6.07) is 13.2. The van der Waals surface area contributed by atoms with Crippen LogP contribution in [-0.2, 0) is 6.18 Å². The van der Waals surface area contributed by atoms with E-state index in [1.165, 1.54) is 6.07 Å². The Kier molecular flexibility index (Phi) is 5.24. The molecule has 4 aromatic rings. The van der Waals surface area contributed by atoms with Crippen LogP contribution >= 0.6 is 11.6 Å². The van der Waals surface area contributed by atoms with Crippen LogP contribution < -0.4 is 5.32 Å². The molecule has 0 aliphatic rings. The van der Waals surface area contributed by atoms with E-state index >= 15 is 0 Å². The van der Waals surface area contributed by atoms with Gasteiger partial charge in [-0.2, -0.15) is 23.3 Å². The first-order valence-electron chi connectivity index (χ1n) is 8.95. The van der Waals surface area contributed by atoms with Gasteiger partial charge in [-0.1, -0.05) is 41.9 Å². The van der Waals surface area contributed by atoms with Gasteiger partial charge in [-0.05, 0) is 30.7 Å². The maximum Gasteiger partial charge on any atom is 0.434 e. The zero-order valence-electron chi connectivity index (χ0n) is 15.9. The molecule has 0 spiro atoms. The Labute approximate surface area is 178 Å². The lowest BCUT2D eigenvalue weighted by atomic mass is 10.2. The summed E-state index contributed by atoms with van der Waals surface area (Å²) in [6.45, 7) is 1.65. The first kappa shape index (κ1) is 20.6. The minimum Gasteiger partial charge on any atom is -0.289 e. The van der Waals surface area contributed by atoms with Gasteiger partial charge in [0, 0.05) is 5.56 Å². The van der Waals surface area contributed by atoms with Gasteiger partial charge in [-0.3, -0.25) is 15.2 Å². The number of carbonyl (C=O) groups excluding carboxylic acids is 1. The normalized spacial score (nSPS) is 11.5. The standard InChI is InChI=1S/C20H14ClF3N6O/c1-11-6-2-5-9-15(11)30-16(20(22,23)24)13(10-25-30)18(31)27-19-26-17(28-29-19)12-7-3-4-8-14(12)21/h2-10H,1H3,(H2,26,27,28,29,31). The molecule has 0 fully saturated rings. The number of amides is 1. The highest BCUT2D eigenvalue weighted by atomic mass is 35.5. The van der Waals surface area contributed by atoms with Crippen molar-refractivity contribution in [1.82, 2.24) is 25.0 Å². The maximum atomic E-state index is 13.8. The Hall–Kier alpha value is -3.66. The average Bonchev–Trinajstić information content (AvgIpc) is 3.36. The number of alkyl halides is 3.